The summed E-state index contributed by atoms with van der Waals surface area (Å²) < 4.78 is 0. The Labute approximate surface area is 82.3 Å². The summed E-state index contributed by atoms with van der Waals surface area (Å²) in [5.74, 6) is 0. The Morgan fingerprint density at radius 3 is 2.00 bits per heavy atom. The second kappa shape index (κ2) is 4.28. The summed E-state index contributed by atoms with van der Waals surface area (Å²) in [5, 5.41) is 10.9. The lowest BCUT2D eigenvalue weighted by Gasteiger charge is -2.35. The van der Waals surface area contributed by atoms with Crippen LogP contribution in [0.2, 0.25) is 38.8 Å². The predicted molar refractivity (Wildman–Crippen MR) is 61.7 cm³/mol. The van der Waals surface area contributed by atoms with Gasteiger partial charge in [0, 0.05) is 21.7 Å². The van der Waals surface area contributed by atoms with Crippen molar-refractivity contribution in [2.75, 3.05) is 6.54 Å². The molecule has 13 heavy (non-hydrogen) atoms. The summed E-state index contributed by atoms with van der Waals surface area (Å²) in [6, 6.07) is 1.06. The first-order valence-electron chi connectivity index (χ1n) is 4.63. The SMILES string of the molecule is C[Si](C)(C)[Si](C)(C)CCNC(=O)O. The molecule has 0 fully saturated rings. The van der Waals surface area contributed by atoms with Crippen molar-refractivity contribution in [1.29, 1.82) is 0 Å². The Hall–Kier alpha value is -0.296. The minimum absolute atomic E-state index is 0.624. The zero-order valence-electron chi connectivity index (χ0n) is 9.27. The van der Waals surface area contributed by atoms with Crippen LogP contribution in [-0.4, -0.2) is 32.9 Å². The van der Waals surface area contributed by atoms with Crippen LogP contribution in [-0.2, 0) is 0 Å². The first kappa shape index (κ1) is 12.7. The average molecular weight is 219 g/mol. The molecule has 5 heteroatoms. The topological polar surface area (TPSA) is 49.3 Å². The van der Waals surface area contributed by atoms with Crippen LogP contribution in [0.5, 0.6) is 0 Å². The van der Waals surface area contributed by atoms with E-state index in [4.69, 9.17) is 5.11 Å². The maximum atomic E-state index is 10.3. The van der Waals surface area contributed by atoms with Crippen molar-refractivity contribution < 1.29 is 9.90 Å². The minimum Gasteiger partial charge on any atom is -0.465 e. The first-order valence-corrected chi connectivity index (χ1v) is 12.3. The molecule has 0 aliphatic rings. The molecule has 0 aliphatic carbocycles. The highest BCUT2D eigenvalue weighted by molar-refractivity contribution is 7.40. The van der Waals surface area contributed by atoms with Crippen molar-refractivity contribution in [1.82, 2.24) is 5.32 Å². The summed E-state index contributed by atoms with van der Waals surface area (Å²) >= 11 is 0. The van der Waals surface area contributed by atoms with Gasteiger partial charge in [-0.3, -0.25) is 0 Å². The molecule has 0 radical (unpaired) electrons. The molecule has 0 atom stereocenters. The lowest BCUT2D eigenvalue weighted by molar-refractivity contribution is 0.195. The third kappa shape index (κ3) is 4.47. The number of hydrogen-bond donors (Lipinski definition) is 2. The molecule has 2 N–H and O–H groups in total. The molecule has 0 heterocycles. The van der Waals surface area contributed by atoms with E-state index in [0.717, 1.165) is 6.04 Å². The van der Waals surface area contributed by atoms with Gasteiger partial charge in [0.05, 0.1) is 0 Å². The van der Waals surface area contributed by atoms with Crippen LogP contribution in [0.25, 0.3) is 0 Å². The molecular formula is C8H21NO2Si2. The van der Waals surface area contributed by atoms with Crippen LogP contribution >= 0.6 is 0 Å². The highest BCUT2D eigenvalue weighted by atomic mass is 29.3. The maximum Gasteiger partial charge on any atom is 0.404 e. The lowest BCUT2D eigenvalue weighted by Crippen LogP contribution is -2.53. The number of amides is 1. The summed E-state index contributed by atoms with van der Waals surface area (Å²) in [7, 11) is -2.21. The Balaban J connectivity index is 3.97. The molecule has 78 valence electrons. The van der Waals surface area contributed by atoms with E-state index in [0.29, 0.717) is 6.54 Å². The Kier molecular flexibility index (Phi) is 4.18. The van der Waals surface area contributed by atoms with Gasteiger partial charge in [-0.25, -0.2) is 4.79 Å². The molecule has 0 spiro atoms. The van der Waals surface area contributed by atoms with Gasteiger partial charge in [-0.05, 0) is 6.04 Å². The molecule has 0 aliphatic heterocycles. The number of hydrogen-bond acceptors (Lipinski definition) is 1. The van der Waals surface area contributed by atoms with Crippen LogP contribution in [0.3, 0.4) is 0 Å². The summed E-state index contributed by atoms with van der Waals surface area (Å²) in [4.78, 5) is 10.3. The van der Waals surface area contributed by atoms with E-state index in [1.807, 2.05) is 0 Å². The van der Waals surface area contributed by atoms with Crippen molar-refractivity contribution in [3.05, 3.63) is 0 Å². The third-order valence-corrected chi connectivity index (χ3v) is 21.5. The Morgan fingerprint density at radius 1 is 1.23 bits per heavy atom. The zero-order valence-corrected chi connectivity index (χ0v) is 11.3. The molecule has 0 bridgehead atoms. The third-order valence-electron chi connectivity index (χ3n) is 3.06. The van der Waals surface area contributed by atoms with Crippen LogP contribution in [0.15, 0.2) is 0 Å². The van der Waals surface area contributed by atoms with Gasteiger partial charge in [0.2, 0.25) is 0 Å². The Bertz CT molecular complexity index is 187. The second-order valence-corrected chi connectivity index (χ2v) is 22.4. The van der Waals surface area contributed by atoms with Gasteiger partial charge in [0.1, 0.15) is 0 Å². The predicted octanol–water partition coefficient (Wildman–Crippen LogP) is 2.38. The quantitative estimate of drug-likeness (QED) is 0.713. The van der Waals surface area contributed by atoms with Gasteiger partial charge in [-0.1, -0.05) is 32.7 Å². The standard InChI is InChI=1S/C8H21NO2Si2/c1-12(2,3)13(4,5)7-6-9-8(10)11/h9H,6-7H2,1-5H3,(H,10,11). The molecular weight excluding hydrogens is 198 g/mol. The van der Waals surface area contributed by atoms with Crippen molar-refractivity contribution in [2.24, 2.45) is 0 Å². The smallest absolute Gasteiger partial charge is 0.404 e. The number of rotatable bonds is 4. The summed E-state index contributed by atoms with van der Waals surface area (Å²) in [6.07, 6.45) is -0.902. The molecule has 0 saturated heterocycles. The van der Waals surface area contributed by atoms with E-state index in [1.165, 1.54) is 0 Å². The minimum atomic E-state index is -1.16. The number of carboxylic acid groups (broad SMARTS) is 1. The molecule has 0 unspecified atom stereocenters. The van der Waals surface area contributed by atoms with Crippen molar-refractivity contribution in [3.8, 4) is 0 Å². The fourth-order valence-corrected chi connectivity index (χ4v) is 4.98. The van der Waals surface area contributed by atoms with Crippen molar-refractivity contribution >= 4 is 21.3 Å². The van der Waals surface area contributed by atoms with E-state index in [1.54, 1.807) is 0 Å². The molecule has 0 rings (SSSR count). The van der Waals surface area contributed by atoms with E-state index in [2.05, 4.69) is 38.1 Å². The van der Waals surface area contributed by atoms with Crippen molar-refractivity contribution in [2.45, 2.75) is 38.8 Å². The van der Waals surface area contributed by atoms with Crippen LogP contribution in [0.1, 0.15) is 0 Å². The van der Waals surface area contributed by atoms with E-state index in [9.17, 15) is 4.79 Å². The number of nitrogens with one attached hydrogen (secondary N) is 1. The molecule has 0 aromatic carbocycles. The normalized spacial score (nSPS) is 12.7. The van der Waals surface area contributed by atoms with Gasteiger partial charge in [0.25, 0.3) is 0 Å². The van der Waals surface area contributed by atoms with Gasteiger partial charge < -0.3 is 10.4 Å². The average Bonchev–Trinajstić information content (AvgIpc) is 1.82. The molecule has 1 amide bonds. The Morgan fingerprint density at radius 2 is 1.69 bits per heavy atom. The van der Waals surface area contributed by atoms with Crippen LogP contribution in [0, 0.1) is 0 Å². The number of carbonyl (C=O) groups is 1. The monoisotopic (exact) mass is 219 g/mol. The summed E-state index contributed by atoms with van der Waals surface area (Å²) in [6.45, 7) is 12.5. The van der Waals surface area contributed by atoms with Crippen molar-refractivity contribution in [3.63, 3.8) is 0 Å². The largest absolute Gasteiger partial charge is 0.465 e. The van der Waals surface area contributed by atoms with Gasteiger partial charge >= 0.3 is 6.09 Å². The van der Waals surface area contributed by atoms with E-state index >= 15 is 0 Å². The van der Waals surface area contributed by atoms with Gasteiger partial charge in [-0.2, -0.15) is 0 Å². The van der Waals surface area contributed by atoms with Gasteiger partial charge in [0.15, 0.2) is 0 Å². The first-order chi connectivity index (χ1) is 5.67. The molecule has 0 saturated carbocycles. The van der Waals surface area contributed by atoms with Gasteiger partial charge in [-0.15, -0.1) is 0 Å². The fraction of sp³-hybridized carbons (Fsp3) is 0.875. The fourth-order valence-electron chi connectivity index (χ4n) is 0.857. The highest BCUT2D eigenvalue weighted by Crippen LogP contribution is 2.22. The molecule has 3 nitrogen and oxygen atoms in total. The van der Waals surface area contributed by atoms with Crippen LogP contribution < -0.4 is 5.32 Å². The second-order valence-electron chi connectivity index (χ2n) is 5.12. The zero-order chi connectivity index (χ0) is 10.7. The van der Waals surface area contributed by atoms with Crippen LogP contribution in [0.4, 0.5) is 4.79 Å². The lowest BCUT2D eigenvalue weighted by atomic mass is 10.7. The maximum absolute atomic E-state index is 10.3. The van der Waals surface area contributed by atoms with E-state index in [-0.39, 0.29) is 0 Å². The summed E-state index contributed by atoms with van der Waals surface area (Å²) in [5.41, 5.74) is 0. The molecule has 0 aromatic rings. The van der Waals surface area contributed by atoms with E-state index < -0.39 is 21.3 Å². The molecule has 0 aromatic heterocycles. The highest BCUT2D eigenvalue weighted by Gasteiger charge is 2.35.